The van der Waals surface area contributed by atoms with Crippen LogP contribution in [0.25, 0.3) is 0 Å². The summed E-state index contributed by atoms with van der Waals surface area (Å²) >= 11 is 0. The van der Waals surface area contributed by atoms with Gasteiger partial charge in [0.2, 0.25) is 5.91 Å². The molecule has 0 spiro atoms. The van der Waals surface area contributed by atoms with Gasteiger partial charge in [0.25, 0.3) is 5.91 Å². The molecule has 0 aliphatic heterocycles. The van der Waals surface area contributed by atoms with Gasteiger partial charge in [-0.1, -0.05) is 23.8 Å². The van der Waals surface area contributed by atoms with E-state index in [1.807, 2.05) is 13.8 Å². The second-order valence-corrected chi connectivity index (χ2v) is 6.50. The van der Waals surface area contributed by atoms with Gasteiger partial charge in [0.15, 0.2) is 0 Å². The number of methoxy groups -OCH3 is 1. The summed E-state index contributed by atoms with van der Waals surface area (Å²) in [5, 5.41) is 8.77. The molecule has 27 heavy (non-hydrogen) atoms. The number of carbonyl (C=O) groups is 2. The predicted octanol–water partition coefficient (Wildman–Crippen LogP) is 3.04. The molecule has 0 unspecified atom stereocenters. The summed E-state index contributed by atoms with van der Waals surface area (Å²) in [7, 11) is 1.58. The molecule has 2 aromatic carbocycles. The van der Waals surface area contributed by atoms with E-state index in [2.05, 4.69) is 35.0 Å². The number of hydrogen-bond donors (Lipinski definition) is 3. The first-order valence-corrected chi connectivity index (χ1v) is 8.89. The van der Waals surface area contributed by atoms with Crippen LogP contribution in [-0.4, -0.2) is 38.6 Å². The second kappa shape index (κ2) is 9.73. The summed E-state index contributed by atoms with van der Waals surface area (Å²) in [5.41, 5.74) is 5.45. The van der Waals surface area contributed by atoms with E-state index in [0.29, 0.717) is 24.4 Å². The first-order valence-electron chi connectivity index (χ1n) is 8.89. The van der Waals surface area contributed by atoms with Gasteiger partial charge in [-0.15, -0.1) is 0 Å². The molecule has 2 amide bonds. The molecule has 2 rings (SSSR count). The molecule has 0 heterocycles. The van der Waals surface area contributed by atoms with E-state index in [1.165, 1.54) is 5.56 Å². The standard InChI is InChI=1S/C21H27N3O3/c1-14-10-15(2)20(16(3)11-14)23-13-19(25)24-18-7-5-6-17(12-18)21(26)22-8-9-27-4/h5-7,10-12,23H,8-9,13H2,1-4H3,(H,22,26)(H,24,25). The van der Waals surface area contributed by atoms with Crippen molar-refractivity contribution in [2.75, 3.05) is 37.4 Å². The number of ether oxygens (including phenoxy) is 1. The maximum absolute atomic E-state index is 12.3. The van der Waals surface area contributed by atoms with Crippen molar-refractivity contribution >= 4 is 23.2 Å². The Morgan fingerprint density at radius 2 is 1.74 bits per heavy atom. The van der Waals surface area contributed by atoms with Gasteiger partial charge in [0.05, 0.1) is 13.2 Å². The third-order valence-electron chi connectivity index (χ3n) is 4.10. The van der Waals surface area contributed by atoms with Crippen LogP contribution in [0.1, 0.15) is 27.0 Å². The molecule has 0 saturated heterocycles. The van der Waals surface area contributed by atoms with Crippen LogP contribution in [0.2, 0.25) is 0 Å². The Balaban J connectivity index is 1.94. The minimum absolute atomic E-state index is 0.148. The highest BCUT2D eigenvalue weighted by atomic mass is 16.5. The molecule has 144 valence electrons. The van der Waals surface area contributed by atoms with Crippen LogP contribution < -0.4 is 16.0 Å². The van der Waals surface area contributed by atoms with Crippen molar-refractivity contribution in [2.24, 2.45) is 0 Å². The Hall–Kier alpha value is -2.86. The zero-order chi connectivity index (χ0) is 19.8. The van der Waals surface area contributed by atoms with Gasteiger partial charge in [0, 0.05) is 30.6 Å². The smallest absolute Gasteiger partial charge is 0.251 e. The molecule has 3 N–H and O–H groups in total. The zero-order valence-corrected chi connectivity index (χ0v) is 16.3. The Bertz CT molecular complexity index is 795. The third kappa shape index (κ3) is 6.11. The third-order valence-corrected chi connectivity index (χ3v) is 4.10. The second-order valence-electron chi connectivity index (χ2n) is 6.50. The van der Waals surface area contributed by atoms with Gasteiger partial charge in [0.1, 0.15) is 0 Å². The summed E-state index contributed by atoms with van der Waals surface area (Å²) in [5.74, 6) is -0.376. The molecular weight excluding hydrogens is 342 g/mol. The number of nitrogens with one attached hydrogen (secondary N) is 3. The van der Waals surface area contributed by atoms with E-state index in [1.54, 1.807) is 31.4 Å². The Kier molecular flexibility index (Phi) is 7.37. The fourth-order valence-corrected chi connectivity index (χ4v) is 2.94. The van der Waals surface area contributed by atoms with Crippen LogP contribution in [0.4, 0.5) is 11.4 Å². The van der Waals surface area contributed by atoms with Crippen molar-refractivity contribution in [2.45, 2.75) is 20.8 Å². The number of aryl methyl sites for hydroxylation is 3. The molecular formula is C21H27N3O3. The number of benzene rings is 2. The molecule has 6 nitrogen and oxygen atoms in total. The van der Waals surface area contributed by atoms with Crippen molar-refractivity contribution < 1.29 is 14.3 Å². The fraction of sp³-hybridized carbons (Fsp3) is 0.333. The van der Waals surface area contributed by atoms with Crippen LogP contribution in [0, 0.1) is 20.8 Å². The number of anilines is 2. The van der Waals surface area contributed by atoms with Crippen molar-refractivity contribution in [3.05, 3.63) is 58.7 Å². The molecule has 0 saturated carbocycles. The lowest BCUT2D eigenvalue weighted by molar-refractivity contribution is -0.114. The maximum atomic E-state index is 12.3. The quantitative estimate of drug-likeness (QED) is 0.625. The van der Waals surface area contributed by atoms with Crippen LogP contribution in [0.15, 0.2) is 36.4 Å². The summed E-state index contributed by atoms with van der Waals surface area (Å²) in [4.78, 5) is 24.4. The molecule has 0 fully saturated rings. The van der Waals surface area contributed by atoms with Crippen molar-refractivity contribution in [3.63, 3.8) is 0 Å². The first kappa shape index (κ1) is 20.5. The van der Waals surface area contributed by atoms with Crippen LogP contribution >= 0.6 is 0 Å². The fourth-order valence-electron chi connectivity index (χ4n) is 2.94. The lowest BCUT2D eigenvalue weighted by Gasteiger charge is -2.14. The lowest BCUT2D eigenvalue weighted by Crippen LogP contribution is -2.27. The largest absolute Gasteiger partial charge is 0.383 e. The summed E-state index contributed by atoms with van der Waals surface area (Å²) in [6.45, 7) is 7.12. The average Bonchev–Trinajstić information content (AvgIpc) is 2.61. The Morgan fingerprint density at radius 3 is 2.41 bits per heavy atom. The highest BCUT2D eigenvalue weighted by molar-refractivity contribution is 5.98. The van der Waals surface area contributed by atoms with Crippen LogP contribution in [0.3, 0.4) is 0 Å². The minimum Gasteiger partial charge on any atom is -0.383 e. The zero-order valence-electron chi connectivity index (χ0n) is 16.3. The van der Waals surface area contributed by atoms with Crippen LogP contribution in [0.5, 0.6) is 0 Å². The van der Waals surface area contributed by atoms with E-state index >= 15 is 0 Å². The van der Waals surface area contributed by atoms with E-state index in [0.717, 1.165) is 16.8 Å². The Labute approximate surface area is 160 Å². The molecule has 0 bridgehead atoms. The maximum Gasteiger partial charge on any atom is 0.251 e. The lowest BCUT2D eigenvalue weighted by atomic mass is 10.1. The van der Waals surface area contributed by atoms with Crippen LogP contribution in [-0.2, 0) is 9.53 Å². The highest BCUT2D eigenvalue weighted by Crippen LogP contribution is 2.21. The molecule has 0 aliphatic rings. The molecule has 0 radical (unpaired) electrons. The van der Waals surface area contributed by atoms with Gasteiger partial charge < -0.3 is 20.7 Å². The van der Waals surface area contributed by atoms with E-state index in [-0.39, 0.29) is 18.4 Å². The summed E-state index contributed by atoms with van der Waals surface area (Å²) in [6.07, 6.45) is 0. The number of hydrogen-bond acceptors (Lipinski definition) is 4. The Morgan fingerprint density at radius 1 is 1.04 bits per heavy atom. The van der Waals surface area contributed by atoms with E-state index in [9.17, 15) is 9.59 Å². The number of rotatable bonds is 8. The van der Waals surface area contributed by atoms with Crippen molar-refractivity contribution in [1.29, 1.82) is 0 Å². The number of amides is 2. The van der Waals surface area contributed by atoms with Gasteiger partial charge >= 0.3 is 0 Å². The number of carbonyl (C=O) groups excluding carboxylic acids is 2. The van der Waals surface area contributed by atoms with Gasteiger partial charge in [-0.3, -0.25) is 9.59 Å². The van der Waals surface area contributed by atoms with Gasteiger partial charge in [-0.05, 0) is 50.1 Å². The molecule has 6 heteroatoms. The molecule has 0 atom stereocenters. The SMILES string of the molecule is COCCNC(=O)c1cccc(NC(=O)CNc2c(C)cc(C)cc2C)c1. The molecule has 2 aromatic rings. The van der Waals surface area contributed by atoms with Gasteiger partial charge in [-0.2, -0.15) is 0 Å². The van der Waals surface area contributed by atoms with E-state index in [4.69, 9.17) is 4.74 Å². The first-order chi connectivity index (χ1) is 12.9. The summed E-state index contributed by atoms with van der Waals surface area (Å²) in [6, 6.07) is 11.0. The predicted molar refractivity (Wildman–Crippen MR) is 108 cm³/mol. The average molecular weight is 369 g/mol. The van der Waals surface area contributed by atoms with Crippen molar-refractivity contribution in [1.82, 2.24) is 5.32 Å². The highest BCUT2D eigenvalue weighted by Gasteiger charge is 2.09. The molecule has 0 aliphatic carbocycles. The topological polar surface area (TPSA) is 79.5 Å². The van der Waals surface area contributed by atoms with E-state index < -0.39 is 0 Å². The minimum atomic E-state index is -0.202. The van der Waals surface area contributed by atoms with Crippen molar-refractivity contribution in [3.8, 4) is 0 Å². The monoisotopic (exact) mass is 369 g/mol. The summed E-state index contributed by atoms with van der Waals surface area (Å²) < 4.78 is 4.91. The normalized spacial score (nSPS) is 10.4. The van der Waals surface area contributed by atoms with Gasteiger partial charge in [-0.25, -0.2) is 0 Å². The molecule has 0 aromatic heterocycles.